The Labute approximate surface area is 377 Å². The fraction of sp³-hybridized carbons (Fsp3) is 0.957. The van der Waals surface area contributed by atoms with Crippen molar-refractivity contribution in [3.05, 3.63) is 0 Å². The van der Waals surface area contributed by atoms with E-state index in [1.54, 1.807) is 27.7 Å². The number of aliphatic hydroxyl groups is 6. The van der Waals surface area contributed by atoms with Crippen molar-refractivity contribution in [1.82, 2.24) is 15.1 Å². The van der Waals surface area contributed by atoms with Gasteiger partial charge in [-0.15, -0.1) is 0 Å². The van der Waals surface area contributed by atoms with Crippen LogP contribution in [-0.2, 0) is 38.0 Å². The number of cyclic esters (lactones) is 1. The Morgan fingerprint density at radius 1 is 1.00 bits per heavy atom. The van der Waals surface area contributed by atoms with Crippen molar-refractivity contribution < 1.29 is 68.6 Å². The first kappa shape index (κ1) is 55.7. The number of carbonyl (C=O) groups is 2. The monoisotopic (exact) mass is 906 g/mol. The first-order chi connectivity index (χ1) is 29.2. The van der Waals surface area contributed by atoms with Crippen molar-refractivity contribution in [3.63, 3.8) is 0 Å². The molecule has 3 rings (SSSR count). The lowest BCUT2D eigenvalue weighted by atomic mass is 9.68. The first-order valence-electron chi connectivity index (χ1n) is 23.2. The van der Waals surface area contributed by atoms with Crippen molar-refractivity contribution in [3.8, 4) is 0 Å². The number of rotatable bonds is 14. The van der Waals surface area contributed by atoms with Gasteiger partial charge in [0.2, 0.25) is 5.91 Å². The molecule has 0 bridgehead atoms. The summed E-state index contributed by atoms with van der Waals surface area (Å²) >= 11 is 0. The summed E-state index contributed by atoms with van der Waals surface area (Å²) in [5, 5.41) is 69.9. The maximum absolute atomic E-state index is 14.6. The van der Waals surface area contributed by atoms with E-state index in [2.05, 4.69) is 10.2 Å². The number of hydrogen-bond donors (Lipinski definition) is 7. The van der Waals surface area contributed by atoms with Crippen LogP contribution < -0.4 is 5.32 Å². The maximum atomic E-state index is 14.6. The highest BCUT2D eigenvalue weighted by molar-refractivity contribution is 5.82. The molecule has 1 unspecified atom stereocenters. The molecule has 0 aliphatic carbocycles. The Kier molecular flexibility index (Phi) is 20.3. The molecule has 0 radical (unpaired) electrons. The van der Waals surface area contributed by atoms with Gasteiger partial charge >= 0.3 is 5.97 Å². The van der Waals surface area contributed by atoms with Gasteiger partial charge in [-0.05, 0) is 107 Å². The zero-order chi connectivity index (χ0) is 48.0. The minimum Gasteiger partial charge on any atom is -0.459 e. The molecule has 17 nitrogen and oxygen atoms in total. The molecular formula is C46H87N3O14. The lowest BCUT2D eigenvalue weighted by Gasteiger charge is -2.51. The highest BCUT2D eigenvalue weighted by atomic mass is 16.7. The number of likely N-dealkylation sites (N-methyl/N-ethyl adjacent to an activating group) is 2. The molecule has 370 valence electrons. The lowest BCUT2D eigenvalue weighted by Crippen LogP contribution is -2.62. The molecule has 0 aromatic carbocycles. The van der Waals surface area contributed by atoms with E-state index >= 15 is 0 Å². The summed E-state index contributed by atoms with van der Waals surface area (Å²) in [7, 11) is 7.28. The molecule has 18 atom stereocenters. The van der Waals surface area contributed by atoms with Crippen molar-refractivity contribution in [2.24, 2.45) is 29.1 Å². The topological polar surface area (TPSA) is 229 Å². The minimum absolute atomic E-state index is 0.164. The van der Waals surface area contributed by atoms with E-state index in [9.17, 15) is 40.2 Å². The molecule has 7 N–H and O–H groups in total. The second-order valence-corrected chi connectivity index (χ2v) is 20.6. The predicted molar refractivity (Wildman–Crippen MR) is 236 cm³/mol. The van der Waals surface area contributed by atoms with Gasteiger partial charge in [-0.2, -0.15) is 0 Å². The second kappa shape index (κ2) is 22.9. The van der Waals surface area contributed by atoms with Crippen LogP contribution in [0, 0.1) is 29.1 Å². The molecule has 0 saturated carbocycles. The molecule has 63 heavy (non-hydrogen) atoms. The van der Waals surface area contributed by atoms with Crippen LogP contribution in [-0.4, -0.2) is 197 Å². The van der Waals surface area contributed by atoms with Gasteiger partial charge in [0.1, 0.15) is 30.0 Å². The first-order valence-corrected chi connectivity index (χ1v) is 23.2. The third-order valence-corrected chi connectivity index (χ3v) is 14.7. The summed E-state index contributed by atoms with van der Waals surface area (Å²) in [4.78, 5) is 31.3. The van der Waals surface area contributed by atoms with Crippen LogP contribution in [0.2, 0.25) is 0 Å². The Morgan fingerprint density at radius 2 is 1.62 bits per heavy atom. The van der Waals surface area contributed by atoms with E-state index in [0.29, 0.717) is 19.4 Å². The number of nitrogens with zero attached hydrogens (tertiary/aromatic N) is 2. The van der Waals surface area contributed by atoms with Gasteiger partial charge < -0.3 is 74.2 Å². The van der Waals surface area contributed by atoms with Gasteiger partial charge in [-0.3, -0.25) is 9.59 Å². The Hall–Kier alpha value is -1.58. The van der Waals surface area contributed by atoms with Crippen molar-refractivity contribution >= 4 is 11.9 Å². The zero-order valence-electron chi connectivity index (χ0n) is 41.1. The van der Waals surface area contributed by atoms with Crippen molar-refractivity contribution in [1.29, 1.82) is 0 Å². The number of hydrogen-bond acceptors (Lipinski definition) is 16. The number of methoxy groups -OCH3 is 1. The summed E-state index contributed by atoms with van der Waals surface area (Å²) in [5.41, 5.74) is -5.75. The van der Waals surface area contributed by atoms with Crippen molar-refractivity contribution in [2.45, 2.75) is 192 Å². The Bertz CT molecular complexity index is 1430. The van der Waals surface area contributed by atoms with E-state index in [0.717, 1.165) is 0 Å². The summed E-state index contributed by atoms with van der Waals surface area (Å²) in [6.45, 7) is 19.4. The van der Waals surface area contributed by atoms with Gasteiger partial charge in [-0.1, -0.05) is 27.7 Å². The minimum atomic E-state index is -1.81. The standard InChI is InChI=1S/C46H87N3O14/c1-16-34-46(11,57)37(52)30(6)49(14)23-26(2)21-44(9,56)39(28(4)35(29(5)40(54)62-34)33-22-45(10,58-15)38(53)31(7)61-33)63-41-36(32(48(12)13)20-27(3)60-41)59-19-17-18-47-42(55)43(8,24-50)25-51/h26-39,41,50-53,56-57H,16-25H2,1-15H3,(H,47,55)/t26-,27-,28+,29-,30-,31+,32+,33?,34-,35+,36-,37-,38+,39-,41+,44-,45-,46-/m1/s1. The molecule has 1 amide bonds. The van der Waals surface area contributed by atoms with Gasteiger partial charge in [0.15, 0.2) is 6.29 Å². The summed E-state index contributed by atoms with van der Waals surface area (Å²) < 4.78 is 39.1. The fourth-order valence-corrected chi connectivity index (χ4v) is 10.4. The summed E-state index contributed by atoms with van der Waals surface area (Å²) in [5.74, 6) is -3.55. The van der Waals surface area contributed by atoms with E-state index < -0.39 is 120 Å². The molecule has 17 heteroatoms. The molecule has 0 aromatic heterocycles. The Balaban J connectivity index is 2.17. The number of carbonyl (C=O) groups excluding carboxylic acids is 2. The third-order valence-electron chi connectivity index (χ3n) is 14.7. The van der Waals surface area contributed by atoms with E-state index in [-0.39, 0.29) is 50.5 Å². The molecule has 3 aliphatic rings. The van der Waals surface area contributed by atoms with Crippen LogP contribution >= 0.6 is 0 Å². The molecule has 0 aromatic rings. The number of aliphatic hydroxyl groups excluding tert-OH is 4. The molecule has 3 heterocycles. The predicted octanol–water partition coefficient (Wildman–Crippen LogP) is 1.70. The quantitative estimate of drug-likeness (QED) is 0.0972. The van der Waals surface area contributed by atoms with Crippen molar-refractivity contribution in [2.75, 3.05) is 61.2 Å². The zero-order valence-corrected chi connectivity index (χ0v) is 41.1. The third kappa shape index (κ3) is 13.1. The smallest absolute Gasteiger partial charge is 0.309 e. The SMILES string of the molecule is CC[C@H]1OC(=O)[C@H](C)[C@@H](C2C[C@@](C)(OC)[C@@H](O)[C@H](C)O2)[C@H](C)[C@@H](O[C@@H]2O[C@H](C)C[C@H](N(C)C)[C@H]2OCCCNC(=O)C(C)(CO)CO)[C@](C)(O)C[C@@H](C)CN(C)[C@H](C)[C@@H](O)[C@]1(C)O. The van der Waals surface area contributed by atoms with Gasteiger partial charge in [0.05, 0.1) is 60.2 Å². The average molecular weight is 906 g/mol. The molecule has 3 fully saturated rings. The van der Waals surface area contributed by atoms with E-state index in [4.69, 9.17) is 28.4 Å². The number of ether oxygens (including phenoxy) is 6. The van der Waals surface area contributed by atoms with Gasteiger partial charge in [0.25, 0.3) is 0 Å². The highest BCUT2D eigenvalue weighted by Crippen LogP contribution is 2.45. The summed E-state index contributed by atoms with van der Waals surface area (Å²) in [6, 6.07) is -0.741. The highest BCUT2D eigenvalue weighted by Gasteiger charge is 2.55. The van der Waals surface area contributed by atoms with Crippen LogP contribution in [0.15, 0.2) is 0 Å². The van der Waals surface area contributed by atoms with Crippen LogP contribution in [0.25, 0.3) is 0 Å². The molecule has 0 spiro atoms. The molecular weight excluding hydrogens is 819 g/mol. The number of amides is 1. The largest absolute Gasteiger partial charge is 0.459 e. The van der Waals surface area contributed by atoms with Crippen LogP contribution in [0.4, 0.5) is 0 Å². The van der Waals surface area contributed by atoms with Crippen LogP contribution in [0.3, 0.4) is 0 Å². The number of esters is 1. The van der Waals surface area contributed by atoms with E-state index in [1.807, 2.05) is 60.7 Å². The van der Waals surface area contributed by atoms with Gasteiger partial charge in [0, 0.05) is 51.2 Å². The van der Waals surface area contributed by atoms with E-state index in [1.165, 1.54) is 21.0 Å². The normalized spacial score (nSPS) is 43.2. The lowest BCUT2D eigenvalue weighted by molar-refractivity contribution is -0.308. The maximum Gasteiger partial charge on any atom is 0.309 e. The fourth-order valence-electron chi connectivity index (χ4n) is 10.4. The number of nitrogens with one attached hydrogen (secondary N) is 1. The Morgan fingerprint density at radius 3 is 2.17 bits per heavy atom. The van der Waals surface area contributed by atoms with Crippen LogP contribution in [0.5, 0.6) is 0 Å². The van der Waals surface area contributed by atoms with Crippen LogP contribution in [0.1, 0.15) is 108 Å². The average Bonchev–Trinajstić information content (AvgIpc) is 3.21. The molecule has 3 saturated heterocycles. The summed E-state index contributed by atoms with van der Waals surface area (Å²) in [6.07, 6.45) is -6.01. The van der Waals surface area contributed by atoms with Gasteiger partial charge in [-0.25, -0.2) is 0 Å². The molecule has 3 aliphatic heterocycles. The second-order valence-electron chi connectivity index (χ2n) is 20.6.